The van der Waals surface area contributed by atoms with Crippen molar-refractivity contribution in [2.24, 2.45) is 0 Å². The summed E-state index contributed by atoms with van der Waals surface area (Å²) in [4.78, 5) is 0. The van der Waals surface area contributed by atoms with Crippen LogP contribution in [0.2, 0.25) is 0 Å². The molecular formula is C11H19NO2. The first kappa shape index (κ1) is 11.2. The fourth-order valence-electron chi connectivity index (χ4n) is 1.37. The molecule has 14 heavy (non-hydrogen) atoms. The van der Waals surface area contributed by atoms with Gasteiger partial charge in [0.2, 0.25) is 0 Å². The molecular weight excluding hydrogens is 178 g/mol. The predicted molar refractivity (Wildman–Crippen MR) is 55.2 cm³/mol. The maximum absolute atomic E-state index is 5.26. The van der Waals surface area contributed by atoms with Crippen molar-refractivity contribution >= 4 is 0 Å². The number of unbranched alkanes of at least 4 members (excludes halogenated alkanes) is 3. The third kappa shape index (κ3) is 5.02. The molecule has 0 saturated heterocycles. The first-order valence-electron chi connectivity index (χ1n) is 5.40. The fourth-order valence-corrected chi connectivity index (χ4v) is 1.37. The number of aromatic nitrogens is 1. The second-order valence-electron chi connectivity index (χ2n) is 3.35. The molecule has 1 aromatic heterocycles. The molecule has 0 aliphatic heterocycles. The lowest BCUT2D eigenvalue weighted by Gasteiger charge is -2.00. The summed E-state index contributed by atoms with van der Waals surface area (Å²) in [6.07, 6.45) is 7.53. The molecule has 3 heteroatoms. The van der Waals surface area contributed by atoms with Crippen LogP contribution in [0.15, 0.2) is 16.9 Å². The van der Waals surface area contributed by atoms with Crippen LogP contribution in [0.5, 0.6) is 0 Å². The van der Waals surface area contributed by atoms with Gasteiger partial charge in [-0.1, -0.05) is 18.0 Å². The van der Waals surface area contributed by atoms with E-state index in [1.54, 1.807) is 6.26 Å². The Labute approximate surface area is 85.4 Å². The van der Waals surface area contributed by atoms with Gasteiger partial charge < -0.3 is 9.26 Å². The number of ether oxygens (including phenoxy) is 1. The third-order valence-electron chi connectivity index (χ3n) is 2.17. The molecule has 0 spiro atoms. The number of hydrogen-bond acceptors (Lipinski definition) is 3. The minimum atomic E-state index is 0.832. The van der Waals surface area contributed by atoms with E-state index in [0.29, 0.717) is 0 Å². The Morgan fingerprint density at radius 1 is 1.29 bits per heavy atom. The normalized spacial score (nSPS) is 10.6. The van der Waals surface area contributed by atoms with E-state index in [1.807, 2.05) is 13.0 Å². The smallest absolute Gasteiger partial charge is 0.124 e. The molecule has 0 aromatic carbocycles. The molecule has 0 saturated carbocycles. The lowest BCUT2D eigenvalue weighted by molar-refractivity contribution is 0.143. The highest BCUT2D eigenvalue weighted by Crippen LogP contribution is 2.05. The van der Waals surface area contributed by atoms with Gasteiger partial charge in [-0.2, -0.15) is 0 Å². The average Bonchev–Trinajstić information content (AvgIpc) is 2.69. The van der Waals surface area contributed by atoms with Gasteiger partial charge in [-0.3, -0.25) is 0 Å². The van der Waals surface area contributed by atoms with Gasteiger partial charge in [0.25, 0.3) is 0 Å². The Morgan fingerprint density at radius 3 is 2.86 bits per heavy atom. The van der Waals surface area contributed by atoms with E-state index in [9.17, 15) is 0 Å². The molecule has 0 bridgehead atoms. The molecule has 0 fully saturated rings. The fraction of sp³-hybridized carbons (Fsp3) is 0.727. The van der Waals surface area contributed by atoms with Crippen molar-refractivity contribution in [2.45, 2.75) is 39.0 Å². The Balaban J connectivity index is 1.85. The van der Waals surface area contributed by atoms with Crippen molar-refractivity contribution in [3.05, 3.63) is 18.0 Å². The summed E-state index contributed by atoms with van der Waals surface area (Å²) in [7, 11) is 0. The highest BCUT2D eigenvalue weighted by atomic mass is 16.5. The Kier molecular flexibility index (Phi) is 6.07. The molecule has 0 atom stereocenters. The summed E-state index contributed by atoms with van der Waals surface area (Å²) in [5.74, 6) is 0. The van der Waals surface area contributed by atoms with Crippen molar-refractivity contribution in [1.82, 2.24) is 5.16 Å². The first-order valence-corrected chi connectivity index (χ1v) is 5.40. The zero-order chi connectivity index (χ0) is 10.1. The first-order chi connectivity index (χ1) is 6.93. The minimum Gasteiger partial charge on any atom is -0.382 e. The van der Waals surface area contributed by atoms with Crippen LogP contribution in [0, 0.1) is 0 Å². The van der Waals surface area contributed by atoms with Crippen LogP contribution in [-0.2, 0) is 11.2 Å². The number of aryl methyl sites for hydroxylation is 1. The molecule has 3 nitrogen and oxygen atoms in total. The summed E-state index contributed by atoms with van der Waals surface area (Å²) in [6, 6.07) is 1.93. The van der Waals surface area contributed by atoms with E-state index in [1.165, 1.54) is 25.7 Å². The average molecular weight is 197 g/mol. The van der Waals surface area contributed by atoms with Crippen molar-refractivity contribution in [3.63, 3.8) is 0 Å². The van der Waals surface area contributed by atoms with Gasteiger partial charge in [-0.25, -0.2) is 0 Å². The second-order valence-corrected chi connectivity index (χ2v) is 3.35. The van der Waals surface area contributed by atoms with Gasteiger partial charge in [0.05, 0.1) is 5.69 Å². The third-order valence-corrected chi connectivity index (χ3v) is 2.17. The number of rotatable bonds is 8. The maximum atomic E-state index is 5.26. The van der Waals surface area contributed by atoms with Crippen LogP contribution in [-0.4, -0.2) is 18.4 Å². The summed E-state index contributed by atoms with van der Waals surface area (Å²) >= 11 is 0. The maximum Gasteiger partial charge on any atom is 0.124 e. The lowest BCUT2D eigenvalue weighted by Crippen LogP contribution is -1.93. The Hall–Kier alpha value is -0.830. The van der Waals surface area contributed by atoms with Gasteiger partial charge >= 0.3 is 0 Å². The van der Waals surface area contributed by atoms with Gasteiger partial charge in [0, 0.05) is 19.3 Å². The summed E-state index contributed by atoms with van der Waals surface area (Å²) in [5, 5.41) is 3.86. The lowest BCUT2D eigenvalue weighted by atomic mass is 10.1. The minimum absolute atomic E-state index is 0.832. The van der Waals surface area contributed by atoms with Crippen molar-refractivity contribution in [2.75, 3.05) is 13.2 Å². The molecule has 0 aliphatic rings. The molecule has 0 radical (unpaired) electrons. The SMILES string of the molecule is CCOCCCCCCc1ccon1. The Bertz CT molecular complexity index is 209. The molecule has 1 rings (SSSR count). The highest BCUT2D eigenvalue weighted by Gasteiger charge is 1.96. The van der Waals surface area contributed by atoms with E-state index < -0.39 is 0 Å². The molecule has 1 aromatic rings. The zero-order valence-corrected chi connectivity index (χ0v) is 8.87. The van der Waals surface area contributed by atoms with Gasteiger partial charge in [0.15, 0.2) is 0 Å². The van der Waals surface area contributed by atoms with Gasteiger partial charge in [-0.05, 0) is 26.2 Å². The van der Waals surface area contributed by atoms with E-state index in [2.05, 4.69) is 5.16 Å². The zero-order valence-electron chi connectivity index (χ0n) is 8.87. The van der Waals surface area contributed by atoms with Crippen molar-refractivity contribution in [1.29, 1.82) is 0 Å². The summed E-state index contributed by atoms with van der Waals surface area (Å²) in [6.45, 7) is 3.77. The van der Waals surface area contributed by atoms with Crippen LogP contribution in [0.25, 0.3) is 0 Å². The second kappa shape index (κ2) is 7.56. The Morgan fingerprint density at radius 2 is 2.14 bits per heavy atom. The molecule has 80 valence electrons. The van der Waals surface area contributed by atoms with Crippen LogP contribution >= 0.6 is 0 Å². The van der Waals surface area contributed by atoms with Crippen LogP contribution in [0.4, 0.5) is 0 Å². The number of hydrogen-bond donors (Lipinski definition) is 0. The summed E-state index contributed by atoms with van der Waals surface area (Å²) < 4.78 is 10.0. The molecule has 0 N–H and O–H groups in total. The van der Waals surface area contributed by atoms with Crippen LogP contribution in [0.3, 0.4) is 0 Å². The van der Waals surface area contributed by atoms with E-state index in [4.69, 9.17) is 9.26 Å². The molecule has 0 aliphatic carbocycles. The molecule has 0 amide bonds. The van der Waals surface area contributed by atoms with Crippen LogP contribution < -0.4 is 0 Å². The quantitative estimate of drug-likeness (QED) is 0.601. The number of nitrogens with zero attached hydrogens (tertiary/aromatic N) is 1. The van der Waals surface area contributed by atoms with E-state index in [-0.39, 0.29) is 0 Å². The molecule has 1 heterocycles. The summed E-state index contributed by atoms with van der Waals surface area (Å²) in [5.41, 5.74) is 1.06. The van der Waals surface area contributed by atoms with Gasteiger partial charge in [-0.15, -0.1) is 0 Å². The monoisotopic (exact) mass is 197 g/mol. The molecule has 0 unspecified atom stereocenters. The van der Waals surface area contributed by atoms with Crippen molar-refractivity contribution < 1.29 is 9.26 Å². The highest BCUT2D eigenvalue weighted by molar-refractivity contribution is 4.94. The van der Waals surface area contributed by atoms with Crippen molar-refractivity contribution in [3.8, 4) is 0 Å². The van der Waals surface area contributed by atoms with Gasteiger partial charge in [0.1, 0.15) is 6.26 Å². The van der Waals surface area contributed by atoms with E-state index in [0.717, 1.165) is 25.3 Å². The largest absolute Gasteiger partial charge is 0.382 e. The van der Waals surface area contributed by atoms with Crippen LogP contribution in [0.1, 0.15) is 38.3 Å². The van der Waals surface area contributed by atoms with E-state index >= 15 is 0 Å². The predicted octanol–water partition coefficient (Wildman–Crippen LogP) is 2.81. The standard InChI is InChI=1S/C11H19NO2/c1-2-13-9-6-4-3-5-7-11-8-10-14-12-11/h8,10H,2-7,9H2,1H3. The topological polar surface area (TPSA) is 35.3 Å².